The van der Waals surface area contributed by atoms with Gasteiger partial charge in [-0.1, -0.05) is 55.8 Å². The minimum absolute atomic E-state index is 0.0238. The Morgan fingerprint density at radius 2 is 2.00 bits per heavy atom. The number of primary amides is 1. The summed E-state index contributed by atoms with van der Waals surface area (Å²) in [5.74, 6) is -0.411. The summed E-state index contributed by atoms with van der Waals surface area (Å²) in [6.45, 7) is 7.01. The third-order valence-electron chi connectivity index (χ3n) is 8.03. The number of halogens is 1. The van der Waals surface area contributed by atoms with Gasteiger partial charge in [0.1, 0.15) is 17.3 Å². The number of nitriles is 1. The summed E-state index contributed by atoms with van der Waals surface area (Å²) < 4.78 is 1.61. The molecule has 10 nitrogen and oxygen atoms in total. The zero-order valence-corrected chi connectivity index (χ0v) is 25.0. The zero-order valence-electron chi connectivity index (χ0n) is 24.2. The van der Waals surface area contributed by atoms with E-state index < -0.39 is 17.5 Å². The van der Waals surface area contributed by atoms with Crippen molar-refractivity contribution in [3.05, 3.63) is 82.9 Å². The molecule has 1 amide bonds. The number of nitrogens with one attached hydrogen (secondary N) is 2. The van der Waals surface area contributed by atoms with Gasteiger partial charge in [0.25, 0.3) is 0 Å². The molecule has 0 saturated heterocycles. The molecule has 1 aliphatic carbocycles. The van der Waals surface area contributed by atoms with Crippen LogP contribution in [-0.4, -0.2) is 37.4 Å². The normalized spacial score (nSPS) is 15.0. The Bertz CT molecular complexity index is 1890. The molecular weight excluding hydrogens is 562 g/mol. The van der Waals surface area contributed by atoms with Gasteiger partial charge in [0.15, 0.2) is 0 Å². The molecule has 11 heteroatoms. The number of fused-ring (bicyclic) bond motifs is 2. The Kier molecular flexibility index (Phi) is 7.14. The number of aromatic nitrogens is 5. The van der Waals surface area contributed by atoms with E-state index in [1.807, 2.05) is 42.5 Å². The van der Waals surface area contributed by atoms with E-state index in [0.29, 0.717) is 52.6 Å². The summed E-state index contributed by atoms with van der Waals surface area (Å²) in [6, 6.07) is 15.4. The van der Waals surface area contributed by atoms with Gasteiger partial charge in [0, 0.05) is 35.4 Å². The summed E-state index contributed by atoms with van der Waals surface area (Å²) >= 11 is 6.81. The van der Waals surface area contributed by atoms with Gasteiger partial charge in [0.2, 0.25) is 5.91 Å². The number of hydrogen-bond donors (Lipinski definition) is 3. The number of rotatable bonds is 8. The van der Waals surface area contributed by atoms with Crippen LogP contribution in [0.5, 0.6) is 0 Å². The fourth-order valence-corrected chi connectivity index (χ4v) is 5.81. The van der Waals surface area contributed by atoms with Crippen LogP contribution in [0.2, 0.25) is 5.02 Å². The predicted molar refractivity (Wildman–Crippen MR) is 168 cm³/mol. The predicted octanol–water partition coefficient (Wildman–Crippen LogP) is 5.92. The lowest BCUT2D eigenvalue weighted by molar-refractivity contribution is -0.131. The van der Waals surface area contributed by atoms with Crippen LogP contribution in [0, 0.1) is 16.7 Å². The third kappa shape index (κ3) is 5.21. The second-order valence-electron chi connectivity index (χ2n) is 12.3. The molecule has 4 N–H and O–H groups in total. The van der Waals surface area contributed by atoms with Crippen molar-refractivity contribution >= 4 is 50.7 Å². The van der Waals surface area contributed by atoms with Gasteiger partial charge in [-0.3, -0.25) is 14.8 Å². The van der Waals surface area contributed by atoms with Gasteiger partial charge >= 0.3 is 0 Å². The Labute approximate surface area is 254 Å². The van der Waals surface area contributed by atoms with Crippen molar-refractivity contribution in [2.45, 2.75) is 51.6 Å². The molecule has 0 spiro atoms. The summed E-state index contributed by atoms with van der Waals surface area (Å²) in [4.78, 5) is 21.5. The number of benzene rings is 2. The maximum absolute atomic E-state index is 12.4. The van der Waals surface area contributed by atoms with Crippen LogP contribution in [0.25, 0.3) is 21.8 Å². The molecule has 6 rings (SSSR count). The van der Waals surface area contributed by atoms with E-state index >= 15 is 0 Å². The standard InChI is InChI=1S/C32H32ClN9O/c1-31(2,3)18-38-27-19(15-34)16-37-28-23(27)13-20(14-24(28)33)39-29(22-7-4-9-25-21(22)8-5-12-36-25)26-17-42(41-40-26)32(30(35)43)10-6-11-32/h4-5,7-9,12-14,16-17,29,39H,6,10-11,18H2,1-3H3,(H2,35,43)(H,37,38). The molecular formula is C32H32ClN9O. The third-order valence-corrected chi connectivity index (χ3v) is 8.32. The molecule has 0 radical (unpaired) electrons. The molecule has 43 heavy (non-hydrogen) atoms. The number of amides is 1. The van der Waals surface area contributed by atoms with Gasteiger partial charge in [-0.25, -0.2) is 4.68 Å². The smallest absolute Gasteiger partial charge is 0.245 e. The lowest BCUT2D eigenvalue weighted by Crippen LogP contribution is -2.51. The fraction of sp³-hybridized carbons (Fsp3) is 0.312. The molecule has 2 aromatic carbocycles. The number of carbonyl (C=O) groups is 1. The van der Waals surface area contributed by atoms with Gasteiger partial charge < -0.3 is 16.4 Å². The number of anilines is 2. The van der Waals surface area contributed by atoms with Crippen molar-refractivity contribution in [1.82, 2.24) is 25.0 Å². The van der Waals surface area contributed by atoms with Gasteiger partial charge in [-0.2, -0.15) is 5.26 Å². The van der Waals surface area contributed by atoms with Crippen molar-refractivity contribution in [3.8, 4) is 6.07 Å². The molecule has 3 aromatic heterocycles. The van der Waals surface area contributed by atoms with E-state index in [1.165, 1.54) is 0 Å². The van der Waals surface area contributed by atoms with Crippen LogP contribution in [0.15, 0.2) is 61.1 Å². The second-order valence-corrected chi connectivity index (χ2v) is 12.7. The quantitative estimate of drug-likeness (QED) is 0.201. The van der Waals surface area contributed by atoms with Crippen LogP contribution in [0.4, 0.5) is 11.4 Å². The molecule has 0 aliphatic heterocycles. The monoisotopic (exact) mass is 593 g/mol. The summed E-state index contributed by atoms with van der Waals surface area (Å²) in [5.41, 5.74) is 9.69. The van der Waals surface area contributed by atoms with E-state index in [9.17, 15) is 10.1 Å². The first kappa shape index (κ1) is 28.4. The molecule has 5 aromatic rings. The highest BCUT2D eigenvalue weighted by Crippen LogP contribution is 2.40. The van der Waals surface area contributed by atoms with Gasteiger partial charge in [0.05, 0.1) is 39.5 Å². The number of pyridine rings is 2. The molecule has 1 atom stereocenters. The SMILES string of the molecule is CC(C)(C)CNc1c(C#N)cnc2c(Cl)cc(NC(c3cn(C4(C(N)=O)CCC4)nn3)c3cccc4ncccc34)cc12. The second kappa shape index (κ2) is 10.8. The van der Waals surface area contributed by atoms with E-state index in [0.717, 1.165) is 28.3 Å². The minimum atomic E-state index is -0.866. The molecule has 3 heterocycles. The molecule has 1 saturated carbocycles. The lowest BCUT2D eigenvalue weighted by atomic mass is 9.76. The zero-order chi connectivity index (χ0) is 30.4. The Balaban J connectivity index is 1.49. The Hall–Kier alpha value is -4.75. The number of hydrogen-bond acceptors (Lipinski definition) is 8. The first-order valence-electron chi connectivity index (χ1n) is 14.2. The lowest BCUT2D eigenvalue weighted by Gasteiger charge is -2.38. The average molecular weight is 594 g/mol. The van der Waals surface area contributed by atoms with Gasteiger partial charge in [-0.15, -0.1) is 5.10 Å². The highest BCUT2D eigenvalue weighted by atomic mass is 35.5. The molecule has 1 aliphatic rings. The number of nitrogens with zero attached hydrogens (tertiary/aromatic N) is 6. The highest BCUT2D eigenvalue weighted by molar-refractivity contribution is 6.35. The van der Waals surface area contributed by atoms with E-state index in [4.69, 9.17) is 17.3 Å². The topological polar surface area (TPSA) is 147 Å². The highest BCUT2D eigenvalue weighted by Gasteiger charge is 2.46. The van der Waals surface area contributed by atoms with Crippen molar-refractivity contribution in [2.75, 3.05) is 17.2 Å². The Morgan fingerprint density at radius 1 is 1.19 bits per heavy atom. The Morgan fingerprint density at radius 3 is 2.70 bits per heavy atom. The molecule has 1 fully saturated rings. The van der Waals surface area contributed by atoms with Crippen LogP contribution in [-0.2, 0) is 10.3 Å². The first-order chi connectivity index (χ1) is 20.6. The maximum Gasteiger partial charge on any atom is 0.245 e. The van der Waals surface area contributed by atoms with Crippen LogP contribution in [0.3, 0.4) is 0 Å². The van der Waals surface area contributed by atoms with Crippen molar-refractivity contribution < 1.29 is 4.79 Å². The van der Waals surface area contributed by atoms with Crippen molar-refractivity contribution in [2.24, 2.45) is 11.1 Å². The first-order valence-corrected chi connectivity index (χ1v) is 14.6. The minimum Gasteiger partial charge on any atom is -0.383 e. The van der Waals surface area contributed by atoms with E-state index in [1.54, 1.807) is 23.3 Å². The fourth-order valence-electron chi connectivity index (χ4n) is 5.55. The molecule has 1 unspecified atom stereocenters. The molecule has 0 bridgehead atoms. The van der Waals surface area contributed by atoms with Crippen LogP contribution >= 0.6 is 11.6 Å². The summed E-state index contributed by atoms with van der Waals surface area (Å²) in [6.07, 6.45) is 7.25. The van der Waals surface area contributed by atoms with Crippen molar-refractivity contribution in [1.29, 1.82) is 5.26 Å². The summed E-state index contributed by atoms with van der Waals surface area (Å²) in [5, 5.41) is 28.0. The van der Waals surface area contributed by atoms with Crippen molar-refractivity contribution in [3.63, 3.8) is 0 Å². The van der Waals surface area contributed by atoms with E-state index in [-0.39, 0.29) is 5.41 Å². The largest absolute Gasteiger partial charge is 0.383 e. The number of nitrogens with two attached hydrogens (primary N) is 1. The average Bonchev–Trinajstić information content (AvgIpc) is 3.43. The van der Waals surface area contributed by atoms with E-state index in [2.05, 4.69) is 57.8 Å². The van der Waals surface area contributed by atoms with Crippen LogP contribution < -0.4 is 16.4 Å². The van der Waals surface area contributed by atoms with Gasteiger partial charge in [-0.05, 0) is 54.5 Å². The number of carbonyl (C=O) groups excluding carboxylic acids is 1. The summed E-state index contributed by atoms with van der Waals surface area (Å²) in [7, 11) is 0. The maximum atomic E-state index is 12.4. The molecule has 218 valence electrons. The van der Waals surface area contributed by atoms with Crippen LogP contribution in [0.1, 0.15) is 62.9 Å².